The third kappa shape index (κ3) is 5.13. The highest BCUT2D eigenvalue weighted by atomic mass is 35.5. The summed E-state index contributed by atoms with van der Waals surface area (Å²) in [4.78, 5) is 25.5. The largest absolute Gasteiger partial charge is 0.416 e. The van der Waals surface area contributed by atoms with Gasteiger partial charge in [-0.2, -0.15) is 26.3 Å². The molecule has 1 aliphatic rings. The number of Topliss-reactive ketones (excluding diaryl/α,β-unsaturated/α-hetero) is 1. The van der Waals surface area contributed by atoms with Crippen LogP contribution in [0.3, 0.4) is 0 Å². The summed E-state index contributed by atoms with van der Waals surface area (Å²) >= 11 is 17.6. The molecule has 0 bridgehead atoms. The van der Waals surface area contributed by atoms with Crippen molar-refractivity contribution in [2.75, 3.05) is 11.4 Å². The van der Waals surface area contributed by atoms with Gasteiger partial charge in [0, 0.05) is 25.1 Å². The summed E-state index contributed by atoms with van der Waals surface area (Å²) in [6.07, 6.45) is -10.9. The molecule has 0 aromatic heterocycles. The number of alkyl halides is 6. The van der Waals surface area contributed by atoms with Gasteiger partial charge in [-0.25, -0.2) is 0 Å². The Kier molecular flexibility index (Phi) is 7.75. The fraction of sp³-hybridized carbons (Fsp3) is 0.391. The second kappa shape index (κ2) is 9.82. The van der Waals surface area contributed by atoms with E-state index >= 15 is 0 Å². The average molecular weight is 561 g/mol. The van der Waals surface area contributed by atoms with Crippen LogP contribution in [-0.2, 0) is 27.6 Å². The van der Waals surface area contributed by atoms with Crippen LogP contribution in [0.15, 0.2) is 30.3 Å². The van der Waals surface area contributed by atoms with E-state index < -0.39 is 47.8 Å². The van der Waals surface area contributed by atoms with Gasteiger partial charge in [0.25, 0.3) is 0 Å². The van der Waals surface area contributed by atoms with E-state index in [2.05, 4.69) is 0 Å². The Morgan fingerprint density at radius 2 is 1.63 bits per heavy atom. The van der Waals surface area contributed by atoms with Crippen LogP contribution >= 0.6 is 34.8 Å². The minimum atomic E-state index is -5.10. The fourth-order valence-corrected chi connectivity index (χ4v) is 4.72. The molecule has 0 N–H and O–H groups in total. The van der Waals surface area contributed by atoms with E-state index in [0.29, 0.717) is 11.0 Å². The number of aryl methyl sites for hydroxylation is 1. The van der Waals surface area contributed by atoms with Crippen molar-refractivity contribution < 1.29 is 35.9 Å². The van der Waals surface area contributed by atoms with Crippen LogP contribution in [0.4, 0.5) is 32.0 Å². The van der Waals surface area contributed by atoms with Crippen LogP contribution in [0.1, 0.15) is 42.9 Å². The third-order valence-corrected chi connectivity index (χ3v) is 7.26. The lowest BCUT2D eigenvalue weighted by atomic mass is 9.78. The van der Waals surface area contributed by atoms with Crippen LogP contribution in [0, 0.1) is 0 Å². The molecule has 1 unspecified atom stereocenters. The molecular formula is C23H18Cl3F6NO2. The zero-order chi connectivity index (χ0) is 26.3. The maximum atomic E-state index is 14.4. The Balaban J connectivity index is 2.07. The highest BCUT2D eigenvalue weighted by Crippen LogP contribution is 2.51. The van der Waals surface area contributed by atoms with Crippen molar-refractivity contribution >= 4 is 52.2 Å². The van der Waals surface area contributed by atoms with Gasteiger partial charge in [-0.1, -0.05) is 47.8 Å². The molecule has 1 heterocycles. The van der Waals surface area contributed by atoms with Gasteiger partial charge in [-0.15, -0.1) is 0 Å². The van der Waals surface area contributed by atoms with Crippen molar-refractivity contribution in [3.63, 3.8) is 0 Å². The number of carbonyl (C=O) groups excluding carboxylic acids is 2. The summed E-state index contributed by atoms with van der Waals surface area (Å²) in [5.41, 5.74) is -5.27. The standard InChI is InChI=1S/C23H18Cl3F6NO2/c1-2-15(34)6-4-12-3-5-14(11-16(12)22(27,28)29)33-8-7-21(20(33)35,23(30,31)32)13-9-17(24)19(26)18(25)10-13/h3,5,9-11H,2,4,6-8H2,1H3. The Bertz CT molecular complexity index is 1140. The molecule has 35 heavy (non-hydrogen) atoms. The van der Waals surface area contributed by atoms with Gasteiger partial charge in [0.1, 0.15) is 5.78 Å². The first-order valence-electron chi connectivity index (χ1n) is 10.4. The second-order valence-corrected chi connectivity index (χ2v) is 9.29. The van der Waals surface area contributed by atoms with E-state index in [1.165, 1.54) is 0 Å². The van der Waals surface area contributed by atoms with Crippen molar-refractivity contribution in [1.82, 2.24) is 0 Å². The number of amides is 1. The van der Waals surface area contributed by atoms with Crippen LogP contribution in [0.25, 0.3) is 0 Å². The molecule has 1 atom stereocenters. The number of hydrogen-bond donors (Lipinski definition) is 0. The number of nitrogens with zero attached hydrogens (tertiary/aromatic N) is 1. The first kappa shape index (κ1) is 27.6. The van der Waals surface area contributed by atoms with Gasteiger partial charge in [0.05, 0.1) is 20.6 Å². The quantitative estimate of drug-likeness (QED) is 0.267. The van der Waals surface area contributed by atoms with E-state index in [9.17, 15) is 35.9 Å². The fourth-order valence-electron chi connectivity index (χ4n) is 4.13. The lowest BCUT2D eigenvalue weighted by Gasteiger charge is -2.31. The molecule has 2 aromatic carbocycles. The molecule has 1 fully saturated rings. The van der Waals surface area contributed by atoms with E-state index in [-0.39, 0.29) is 51.4 Å². The number of ketones is 1. The van der Waals surface area contributed by atoms with Crippen molar-refractivity contribution in [2.45, 2.75) is 50.4 Å². The van der Waals surface area contributed by atoms with Gasteiger partial charge in [-0.3, -0.25) is 9.59 Å². The third-order valence-electron chi connectivity index (χ3n) is 6.06. The molecule has 1 aliphatic heterocycles. The predicted octanol–water partition coefficient (Wildman–Crippen LogP) is 7.81. The van der Waals surface area contributed by atoms with Gasteiger partial charge in [0.2, 0.25) is 5.91 Å². The summed E-state index contributed by atoms with van der Waals surface area (Å²) in [5.74, 6) is -1.69. The number of benzene rings is 2. The smallest absolute Gasteiger partial charge is 0.311 e. The molecule has 2 aromatic rings. The maximum Gasteiger partial charge on any atom is 0.416 e. The Morgan fingerprint density at radius 1 is 1.03 bits per heavy atom. The summed E-state index contributed by atoms with van der Waals surface area (Å²) in [6.45, 7) is 1.09. The molecule has 3 rings (SSSR count). The molecule has 0 spiro atoms. The van der Waals surface area contributed by atoms with Gasteiger partial charge >= 0.3 is 12.4 Å². The summed E-state index contributed by atoms with van der Waals surface area (Å²) in [5, 5.41) is -0.785. The molecule has 1 amide bonds. The molecule has 190 valence electrons. The first-order chi connectivity index (χ1) is 16.1. The maximum absolute atomic E-state index is 14.4. The van der Waals surface area contributed by atoms with Crippen molar-refractivity contribution in [2.24, 2.45) is 0 Å². The zero-order valence-electron chi connectivity index (χ0n) is 18.1. The number of carbonyl (C=O) groups is 2. The van der Waals surface area contributed by atoms with Crippen molar-refractivity contribution in [3.05, 3.63) is 62.1 Å². The minimum Gasteiger partial charge on any atom is -0.311 e. The first-order valence-corrected chi connectivity index (χ1v) is 11.5. The highest BCUT2D eigenvalue weighted by Gasteiger charge is 2.65. The van der Waals surface area contributed by atoms with Crippen LogP contribution in [0.5, 0.6) is 0 Å². The molecule has 0 aliphatic carbocycles. The number of rotatable bonds is 6. The molecule has 0 radical (unpaired) electrons. The van der Waals surface area contributed by atoms with E-state index in [1.54, 1.807) is 6.92 Å². The van der Waals surface area contributed by atoms with E-state index in [1.807, 2.05) is 0 Å². The highest BCUT2D eigenvalue weighted by molar-refractivity contribution is 6.48. The van der Waals surface area contributed by atoms with Gasteiger partial charge in [0.15, 0.2) is 5.41 Å². The molecule has 3 nitrogen and oxygen atoms in total. The van der Waals surface area contributed by atoms with Crippen LogP contribution in [-0.4, -0.2) is 24.4 Å². The van der Waals surface area contributed by atoms with Gasteiger partial charge in [-0.05, 0) is 48.2 Å². The second-order valence-electron chi connectivity index (χ2n) is 8.10. The summed E-state index contributed by atoms with van der Waals surface area (Å²) < 4.78 is 84.3. The zero-order valence-corrected chi connectivity index (χ0v) is 20.4. The average Bonchev–Trinajstić information content (AvgIpc) is 3.12. The van der Waals surface area contributed by atoms with E-state index in [0.717, 1.165) is 24.3 Å². The topological polar surface area (TPSA) is 37.4 Å². The Labute approximate surface area is 211 Å². The molecule has 1 saturated heterocycles. The normalized spacial score (nSPS) is 18.9. The summed E-state index contributed by atoms with van der Waals surface area (Å²) in [6, 6.07) is 4.64. The van der Waals surface area contributed by atoms with E-state index in [4.69, 9.17) is 34.8 Å². The lowest BCUT2D eigenvalue weighted by molar-refractivity contribution is -0.190. The SMILES string of the molecule is CCC(=O)CCc1ccc(N2CCC(c3cc(Cl)c(Cl)c(Cl)c3)(C(F)(F)F)C2=O)cc1C(F)(F)F. The van der Waals surface area contributed by atoms with Crippen LogP contribution in [0.2, 0.25) is 15.1 Å². The molecular weight excluding hydrogens is 543 g/mol. The van der Waals surface area contributed by atoms with Crippen LogP contribution < -0.4 is 4.90 Å². The molecule has 12 heteroatoms. The van der Waals surface area contributed by atoms with Gasteiger partial charge < -0.3 is 4.90 Å². The van der Waals surface area contributed by atoms with Crippen molar-refractivity contribution in [1.29, 1.82) is 0 Å². The predicted molar refractivity (Wildman–Crippen MR) is 121 cm³/mol. The number of halogens is 9. The van der Waals surface area contributed by atoms with Crippen molar-refractivity contribution in [3.8, 4) is 0 Å². The number of hydrogen-bond acceptors (Lipinski definition) is 2. The minimum absolute atomic E-state index is 0.114. The Hall–Kier alpha value is -1.97. The summed E-state index contributed by atoms with van der Waals surface area (Å²) in [7, 11) is 0. The monoisotopic (exact) mass is 559 g/mol. The molecule has 0 saturated carbocycles. The Morgan fingerprint density at radius 3 is 2.14 bits per heavy atom. The lowest BCUT2D eigenvalue weighted by Crippen LogP contribution is -2.49. The number of anilines is 1.